The molecule has 4 heteroatoms. The fraction of sp³-hybridized carbons (Fsp3) is 0.208. The van der Waals surface area contributed by atoms with Crippen molar-refractivity contribution in [1.29, 1.82) is 0 Å². The Labute approximate surface area is 164 Å². The molecule has 1 unspecified atom stereocenters. The Morgan fingerprint density at radius 3 is 2.57 bits per heavy atom. The van der Waals surface area contributed by atoms with Crippen LogP contribution in [0, 0.1) is 0 Å². The van der Waals surface area contributed by atoms with Crippen LogP contribution in [0.25, 0.3) is 21.7 Å². The van der Waals surface area contributed by atoms with Gasteiger partial charge in [-0.05, 0) is 60.9 Å². The fourth-order valence-electron chi connectivity index (χ4n) is 3.34. The van der Waals surface area contributed by atoms with Gasteiger partial charge in [0.05, 0.1) is 12.7 Å². The van der Waals surface area contributed by atoms with Gasteiger partial charge in [0.25, 0.3) is 0 Å². The van der Waals surface area contributed by atoms with Crippen molar-refractivity contribution in [1.82, 2.24) is 4.98 Å². The normalized spacial score (nSPS) is 12.2. The van der Waals surface area contributed by atoms with Crippen molar-refractivity contribution in [2.45, 2.75) is 25.9 Å². The summed E-state index contributed by atoms with van der Waals surface area (Å²) in [5.74, 6) is 2.18. The summed E-state index contributed by atoms with van der Waals surface area (Å²) >= 11 is 0. The molecule has 4 nitrogen and oxygen atoms in total. The van der Waals surface area contributed by atoms with Gasteiger partial charge in [0, 0.05) is 5.39 Å². The van der Waals surface area contributed by atoms with E-state index in [1.807, 2.05) is 42.5 Å². The SMILES string of the molecule is CC(CCCOc1cccc2ccc(N)nc12)Oc1ccc2ccccc2c1. The molecule has 0 saturated heterocycles. The Morgan fingerprint density at radius 2 is 1.68 bits per heavy atom. The first kappa shape index (κ1) is 18.1. The maximum atomic E-state index is 6.08. The van der Waals surface area contributed by atoms with E-state index >= 15 is 0 Å². The molecule has 1 atom stereocenters. The molecule has 28 heavy (non-hydrogen) atoms. The van der Waals surface area contributed by atoms with Crippen LogP contribution in [0.4, 0.5) is 5.82 Å². The zero-order chi connectivity index (χ0) is 19.3. The molecule has 0 fully saturated rings. The number of fused-ring (bicyclic) bond motifs is 2. The standard InChI is InChI=1S/C24H24N2O2/c1-17(28-21-13-11-18-7-2-3-8-20(18)16-21)6-5-15-27-22-10-4-9-19-12-14-23(25)26-24(19)22/h2-4,7-14,16-17H,5-6,15H2,1H3,(H2,25,26). The number of pyridine rings is 1. The van der Waals surface area contributed by atoms with Gasteiger partial charge >= 0.3 is 0 Å². The average molecular weight is 372 g/mol. The van der Waals surface area contributed by atoms with E-state index < -0.39 is 0 Å². The predicted octanol–water partition coefficient (Wildman–Crippen LogP) is 5.60. The zero-order valence-electron chi connectivity index (χ0n) is 16.0. The lowest BCUT2D eigenvalue weighted by Gasteiger charge is -2.15. The van der Waals surface area contributed by atoms with Crippen LogP contribution in [0.15, 0.2) is 72.8 Å². The van der Waals surface area contributed by atoms with Gasteiger partial charge in [0.15, 0.2) is 0 Å². The van der Waals surface area contributed by atoms with Gasteiger partial charge in [-0.15, -0.1) is 0 Å². The van der Waals surface area contributed by atoms with Crippen LogP contribution in [0.2, 0.25) is 0 Å². The minimum atomic E-state index is 0.117. The van der Waals surface area contributed by atoms with Crippen LogP contribution < -0.4 is 15.2 Å². The molecule has 142 valence electrons. The largest absolute Gasteiger partial charge is 0.491 e. The molecule has 0 amide bonds. The minimum Gasteiger partial charge on any atom is -0.491 e. The van der Waals surface area contributed by atoms with E-state index in [9.17, 15) is 0 Å². The Kier molecular flexibility index (Phi) is 5.29. The first-order valence-electron chi connectivity index (χ1n) is 9.62. The number of para-hydroxylation sites is 1. The van der Waals surface area contributed by atoms with E-state index in [1.165, 1.54) is 10.8 Å². The smallest absolute Gasteiger partial charge is 0.145 e. The third kappa shape index (κ3) is 4.17. The molecule has 0 aliphatic rings. The summed E-state index contributed by atoms with van der Waals surface area (Å²) in [5, 5.41) is 3.44. The van der Waals surface area contributed by atoms with Crippen molar-refractivity contribution < 1.29 is 9.47 Å². The number of hydrogen-bond donors (Lipinski definition) is 1. The van der Waals surface area contributed by atoms with Gasteiger partial charge in [-0.3, -0.25) is 0 Å². The predicted molar refractivity (Wildman–Crippen MR) is 115 cm³/mol. The summed E-state index contributed by atoms with van der Waals surface area (Å²) in [7, 11) is 0. The number of anilines is 1. The lowest BCUT2D eigenvalue weighted by atomic mass is 10.1. The molecule has 4 aromatic rings. The fourth-order valence-corrected chi connectivity index (χ4v) is 3.34. The number of hydrogen-bond acceptors (Lipinski definition) is 4. The van der Waals surface area contributed by atoms with E-state index in [0.29, 0.717) is 12.4 Å². The van der Waals surface area contributed by atoms with Gasteiger partial charge in [0.2, 0.25) is 0 Å². The van der Waals surface area contributed by atoms with Gasteiger partial charge in [-0.25, -0.2) is 4.98 Å². The van der Waals surface area contributed by atoms with E-state index in [1.54, 1.807) is 6.07 Å². The maximum absolute atomic E-state index is 6.08. The third-order valence-corrected chi connectivity index (χ3v) is 4.78. The number of ether oxygens (including phenoxy) is 2. The van der Waals surface area contributed by atoms with Crippen molar-refractivity contribution in [2.75, 3.05) is 12.3 Å². The van der Waals surface area contributed by atoms with Crippen LogP contribution in [-0.4, -0.2) is 17.7 Å². The van der Waals surface area contributed by atoms with Crippen molar-refractivity contribution in [3.8, 4) is 11.5 Å². The highest BCUT2D eigenvalue weighted by molar-refractivity contribution is 5.85. The minimum absolute atomic E-state index is 0.117. The van der Waals surface area contributed by atoms with Gasteiger partial charge < -0.3 is 15.2 Å². The molecule has 1 aromatic heterocycles. The van der Waals surface area contributed by atoms with Crippen LogP contribution in [-0.2, 0) is 0 Å². The van der Waals surface area contributed by atoms with Crippen LogP contribution in [0.5, 0.6) is 11.5 Å². The highest BCUT2D eigenvalue weighted by Crippen LogP contribution is 2.25. The second-order valence-electron chi connectivity index (χ2n) is 6.99. The monoisotopic (exact) mass is 372 g/mol. The molecule has 0 bridgehead atoms. The van der Waals surface area contributed by atoms with E-state index in [0.717, 1.165) is 35.2 Å². The Balaban J connectivity index is 1.31. The topological polar surface area (TPSA) is 57.4 Å². The number of nitrogens with zero attached hydrogens (tertiary/aromatic N) is 1. The molecule has 1 heterocycles. The van der Waals surface area contributed by atoms with Gasteiger partial charge in [-0.1, -0.05) is 42.5 Å². The van der Waals surface area contributed by atoms with E-state index in [2.05, 4.69) is 36.2 Å². The molecular weight excluding hydrogens is 348 g/mol. The maximum Gasteiger partial charge on any atom is 0.145 e. The van der Waals surface area contributed by atoms with Crippen molar-refractivity contribution in [3.05, 3.63) is 72.8 Å². The van der Waals surface area contributed by atoms with Crippen molar-refractivity contribution in [2.24, 2.45) is 0 Å². The second-order valence-corrected chi connectivity index (χ2v) is 6.99. The number of benzene rings is 3. The molecule has 4 rings (SSSR count). The number of rotatable bonds is 7. The van der Waals surface area contributed by atoms with Crippen LogP contribution >= 0.6 is 0 Å². The highest BCUT2D eigenvalue weighted by atomic mass is 16.5. The molecule has 2 N–H and O–H groups in total. The molecule has 3 aromatic carbocycles. The molecule has 0 radical (unpaired) electrons. The third-order valence-electron chi connectivity index (χ3n) is 4.78. The molecule has 0 aliphatic carbocycles. The first-order chi connectivity index (χ1) is 13.7. The van der Waals surface area contributed by atoms with E-state index in [4.69, 9.17) is 15.2 Å². The zero-order valence-corrected chi connectivity index (χ0v) is 16.0. The quantitative estimate of drug-likeness (QED) is 0.429. The molecule has 0 spiro atoms. The second kappa shape index (κ2) is 8.17. The summed E-state index contributed by atoms with van der Waals surface area (Å²) in [4.78, 5) is 4.40. The summed E-state index contributed by atoms with van der Waals surface area (Å²) in [6.07, 6.45) is 1.92. The Morgan fingerprint density at radius 1 is 0.893 bits per heavy atom. The highest BCUT2D eigenvalue weighted by Gasteiger charge is 2.07. The first-order valence-corrected chi connectivity index (χ1v) is 9.62. The van der Waals surface area contributed by atoms with Gasteiger partial charge in [0.1, 0.15) is 22.8 Å². The molecular formula is C24H24N2O2. The summed E-state index contributed by atoms with van der Waals surface area (Å²) in [6, 6.07) is 24.2. The Bertz CT molecular complexity index is 1090. The van der Waals surface area contributed by atoms with Crippen molar-refractivity contribution >= 4 is 27.5 Å². The van der Waals surface area contributed by atoms with Gasteiger partial charge in [-0.2, -0.15) is 0 Å². The van der Waals surface area contributed by atoms with E-state index in [-0.39, 0.29) is 6.10 Å². The van der Waals surface area contributed by atoms with Crippen molar-refractivity contribution in [3.63, 3.8) is 0 Å². The lowest BCUT2D eigenvalue weighted by Crippen LogP contribution is -2.13. The molecule has 0 saturated carbocycles. The van der Waals surface area contributed by atoms with Crippen LogP contribution in [0.3, 0.4) is 0 Å². The number of nitrogens with two attached hydrogens (primary N) is 1. The lowest BCUT2D eigenvalue weighted by molar-refractivity contribution is 0.194. The summed E-state index contributed by atoms with van der Waals surface area (Å²) in [5.41, 5.74) is 6.62. The number of aromatic nitrogens is 1. The number of nitrogen functional groups attached to an aromatic ring is 1. The molecule has 0 aliphatic heterocycles. The summed E-state index contributed by atoms with van der Waals surface area (Å²) < 4.78 is 12.0. The Hall–Kier alpha value is -3.27. The average Bonchev–Trinajstić information content (AvgIpc) is 2.71. The summed E-state index contributed by atoms with van der Waals surface area (Å²) in [6.45, 7) is 2.70. The van der Waals surface area contributed by atoms with Crippen LogP contribution in [0.1, 0.15) is 19.8 Å².